The highest BCUT2D eigenvalue weighted by molar-refractivity contribution is 7.56. The van der Waals surface area contributed by atoms with Crippen LogP contribution in [0.3, 0.4) is 0 Å². The van der Waals surface area contributed by atoms with Crippen molar-refractivity contribution in [3.8, 4) is 0 Å². The Hall–Kier alpha value is -0.955. The van der Waals surface area contributed by atoms with E-state index in [2.05, 4.69) is 6.30 Å². The van der Waals surface area contributed by atoms with E-state index in [0.29, 0.717) is 26.5 Å². The molecule has 3 nitrogen and oxygen atoms in total. The highest BCUT2D eigenvalue weighted by Crippen LogP contribution is 2.06. The number of rotatable bonds is 5. The van der Waals surface area contributed by atoms with E-state index in [1.807, 2.05) is 0 Å². The van der Waals surface area contributed by atoms with Crippen LogP contribution in [0, 0.1) is 0 Å². The van der Waals surface area contributed by atoms with Crippen molar-refractivity contribution in [2.45, 2.75) is 12.8 Å². The monoisotopic (exact) mass is 222 g/mol. The standard InChI is InChI=1S/C10H12BO3P/c1-15-10(12)7-4-8-2-5-9(6-3-8)11(13)14/h2-3,5-6,13-14H,1,4,7H2. The predicted octanol–water partition coefficient (Wildman–Crippen LogP) is 0.204. The third kappa shape index (κ3) is 3.96. The zero-order chi connectivity index (χ0) is 11.3. The van der Waals surface area contributed by atoms with E-state index >= 15 is 0 Å². The maximum absolute atomic E-state index is 11.0. The molecule has 0 aliphatic heterocycles. The van der Waals surface area contributed by atoms with Crippen LogP contribution >= 0.6 is 8.20 Å². The van der Waals surface area contributed by atoms with E-state index < -0.39 is 7.12 Å². The summed E-state index contributed by atoms with van der Waals surface area (Å²) in [6, 6.07) is 6.88. The first-order valence-electron chi connectivity index (χ1n) is 4.58. The Balaban J connectivity index is 2.57. The highest BCUT2D eigenvalue weighted by Gasteiger charge is 2.09. The van der Waals surface area contributed by atoms with Gasteiger partial charge in [-0.25, -0.2) is 0 Å². The van der Waals surface area contributed by atoms with E-state index in [0.717, 1.165) is 5.56 Å². The average Bonchev–Trinajstić information content (AvgIpc) is 2.26. The molecular weight excluding hydrogens is 210 g/mol. The lowest BCUT2D eigenvalue weighted by molar-refractivity contribution is -0.111. The van der Waals surface area contributed by atoms with Crippen LogP contribution in [0.15, 0.2) is 24.3 Å². The SMILES string of the molecule is C=PC(=O)CCc1ccc(B(O)O)cc1. The molecule has 0 radical (unpaired) electrons. The fourth-order valence-electron chi connectivity index (χ4n) is 1.19. The summed E-state index contributed by atoms with van der Waals surface area (Å²) < 4.78 is 0. The van der Waals surface area contributed by atoms with E-state index in [9.17, 15) is 4.79 Å². The summed E-state index contributed by atoms with van der Waals surface area (Å²) in [7, 11) is -0.886. The van der Waals surface area contributed by atoms with Crippen LogP contribution in [0.2, 0.25) is 0 Å². The lowest BCUT2D eigenvalue weighted by Crippen LogP contribution is -2.29. The summed E-state index contributed by atoms with van der Waals surface area (Å²) in [5.74, 6) is 0. The van der Waals surface area contributed by atoms with E-state index in [-0.39, 0.29) is 5.52 Å². The van der Waals surface area contributed by atoms with Crippen molar-refractivity contribution in [3.05, 3.63) is 29.8 Å². The van der Waals surface area contributed by atoms with Gasteiger partial charge >= 0.3 is 7.12 Å². The smallest absolute Gasteiger partial charge is 0.423 e. The molecule has 0 unspecified atom stereocenters. The first-order valence-corrected chi connectivity index (χ1v) is 5.66. The zero-order valence-electron chi connectivity index (χ0n) is 8.26. The van der Waals surface area contributed by atoms with E-state index in [4.69, 9.17) is 10.0 Å². The molecular formula is C10H12BO3P. The molecule has 2 N–H and O–H groups in total. The molecule has 5 heteroatoms. The molecule has 0 amide bonds. The molecule has 78 valence electrons. The van der Waals surface area contributed by atoms with Crippen LogP contribution in [0.4, 0.5) is 0 Å². The molecule has 0 spiro atoms. The molecule has 1 aromatic carbocycles. The van der Waals surface area contributed by atoms with Crippen molar-refractivity contribution in [2.75, 3.05) is 0 Å². The Morgan fingerprint density at radius 3 is 2.40 bits per heavy atom. The normalized spacial score (nSPS) is 10.3. The minimum atomic E-state index is -1.43. The van der Waals surface area contributed by atoms with Crippen LogP contribution in [0.5, 0.6) is 0 Å². The molecule has 15 heavy (non-hydrogen) atoms. The molecule has 0 fully saturated rings. The first kappa shape index (κ1) is 12.1. The topological polar surface area (TPSA) is 57.5 Å². The summed E-state index contributed by atoms with van der Waals surface area (Å²) in [5.41, 5.74) is 1.58. The largest absolute Gasteiger partial charge is 0.488 e. The van der Waals surface area contributed by atoms with E-state index in [1.54, 1.807) is 24.3 Å². The summed E-state index contributed by atoms with van der Waals surface area (Å²) in [6.07, 6.45) is 4.64. The van der Waals surface area contributed by atoms with Crippen LogP contribution in [0.25, 0.3) is 0 Å². The Labute approximate surface area is 90.7 Å². The van der Waals surface area contributed by atoms with Gasteiger partial charge in [0.15, 0.2) is 5.52 Å². The lowest BCUT2D eigenvalue weighted by Gasteiger charge is -2.01. The van der Waals surface area contributed by atoms with E-state index in [1.165, 1.54) is 0 Å². The fraction of sp³-hybridized carbons (Fsp3) is 0.200. The van der Waals surface area contributed by atoms with Crippen LogP contribution in [0.1, 0.15) is 12.0 Å². The number of carbonyl (C=O) groups excluding carboxylic acids is 1. The third-order valence-corrected chi connectivity index (χ3v) is 2.66. The predicted molar refractivity (Wildman–Crippen MR) is 63.6 cm³/mol. The van der Waals surface area contributed by atoms with Gasteiger partial charge in [-0.3, -0.25) is 4.79 Å². The van der Waals surface area contributed by atoms with Gasteiger partial charge in [-0.1, -0.05) is 30.6 Å². The molecule has 0 aromatic heterocycles. The molecule has 0 atom stereocenters. The van der Waals surface area contributed by atoms with Crippen molar-refractivity contribution in [3.63, 3.8) is 0 Å². The number of aryl methyl sites for hydroxylation is 1. The first-order chi connectivity index (χ1) is 7.13. The molecule has 0 aliphatic carbocycles. The quantitative estimate of drug-likeness (QED) is 0.552. The second kappa shape index (κ2) is 5.81. The van der Waals surface area contributed by atoms with Crippen LogP contribution in [-0.2, 0) is 11.2 Å². The maximum Gasteiger partial charge on any atom is 0.488 e. The zero-order valence-corrected chi connectivity index (χ0v) is 9.15. The molecule has 1 rings (SSSR count). The maximum atomic E-state index is 11.0. The molecule has 0 aliphatic rings. The molecule has 0 saturated heterocycles. The van der Waals surface area contributed by atoms with Crippen molar-refractivity contribution in [2.24, 2.45) is 0 Å². The van der Waals surface area contributed by atoms with Crippen LogP contribution in [-0.4, -0.2) is 29.0 Å². The highest BCUT2D eigenvalue weighted by atomic mass is 31.1. The van der Waals surface area contributed by atoms with Gasteiger partial charge in [0.2, 0.25) is 0 Å². The molecule has 1 aromatic rings. The minimum absolute atomic E-state index is 0.112. The average molecular weight is 222 g/mol. The Morgan fingerprint density at radius 2 is 1.93 bits per heavy atom. The molecule has 0 saturated carbocycles. The van der Waals surface area contributed by atoms with Crippen LogP contribution < -0.4 is 5.46 Å². The lowest BCUT2D eigenvalue weighted by atomic mass is 9.80. The summed E-state index contributed by atoms with van der Waals surface area (Å²) >= 11 is 0. The van der Waals surface area contributed by atoms with Gasteiger partial charge < -0.3 is 10.0 Å². The Morgan fingerprint density at radius 1 is 1.33 bits per heavy atom. The van der Waals surface area contributed by atoms with Gasteiger partial charge in [0, 0.05) is 6.42 Å². The van der Waals surface area contributed by atoms with Crippen molar-refractivity contribution >= 4 is 32.6 Å². The third-order valence-electron chi connectivity index (χ3n) is 2.08. The van der Waals surface area contributed by atoms with Gasteiger partial charge in [0.05, 0.1) is 0 Å². The van der Waals surface area contributed by atoms with Crippen molar-refractivity contribution < 1.29 is 14.8 Å². The summed E-state index contributed by atoms with van der Waals surface area (Å²) in [5, 5.41) is 17.7. The van der Waals surface area contributed by atoms with Gasteiger partial charge in [-0.05, 0) is 25.7 Å². The van der Waals surface area contributed by atoms with Gasteiger partial charge in [-0.15, -0.1) is 0 Å². The second-order valence-corrected chi connectivity index (χ2v) is 3.98. The van der Waals surface area contributed by atoms with Crippen molar-refractivity contribution in [1.82, 2.24) is 0 Å². The second-order valence-electron chi connectivity index (χ2n) is 3.17. The van der Waals surface area contributed by atoms with Gasteiger partial charge in [-0.2, -0.15) is 0 Å². The van der Waals surface area contributed by atoms with Gasteiger partial charge in [0.25, 0.3) is 0 Å². The summed E-state index contributed by atoms with van der Waals surface area (Å²) in [4.78, 5) is 11.0. The summed E-state index contributed by atoms with van der Waals surface area (Å²) in [6.45, 7) is 0. The molecule has 0 heterocycles. The Bertz CT molecular complexity index is 348. The molecule has 0 bridgehead atoms. The number of benzene rings is 1. The minimum Gasteiger partial charge on any atom is -0.423 e. The fourth-order valence-corrected chi connectivity index (χ4v) is 1.46. The number of carbonyl (C=O) groups is 1. The number of hydrogen-bond acceptors (Lipinski definition) is 3. The van der Waals surface area contributed by atoms with Gasteiger partial charge in [0.1, 0.15) is 0 Å². The van der Waals surface area contributed by atoms with Crippen molar-refractivity contribution in [1.29, 1.82) is 0 Å². The Kier molecular flexibility index (Phi) is 4.69. The number of hydrogen-bond donors (Lipinski definition) is 2.